The van der Waals surface area contributed by atoms with E-state index in [1.165, 1.54) is 30.3 Å². The second kappa shape index (κ2) is 5.34. The van der Waals surface area contributed by atoms with Crippen molar-refractivity contribution in [1.29, 1.82) is 0 Å². The summed E-state index contributed by atoms with van der Waals surface area (Å²) in [4.78, 5) is 11.4. The summed E-state index contributed by atoms with van der Waals surface area (Å²) in [5, 5.41) is 0. The zero-order valence-corrected chi connectivity index (χ0v) is 10.2. The van der Waals surface area contributed by atoms with Crippen LogP contribution < -0.4 is 0 Å². The average molecular weight is 300 g/mol. The molecule has 0 amide bonds. The van der Waals surface area contributed by atoms with Crippen LogP contribution in [0.25, 0.3) is 0 Å². The molecule has 0 saturated carbocycles. The van der Waals surface area contributed by atoms with Crippen LogP contribution in [-0.2, 0) is 4.74 Å². The Morgan fingerprint density at radius 3 is 1.85 bits per heavy atom. The number of carbonyl (C=O) groups excluding carboxylic acids is 1. The van der Waals surface area contributed by atoms with Gasteiger partial charge in [0, 0.05) is 0 Å². The maximum absolute atomic E-state index is 12.5. The molecule has 20 heavy (non-hydrogen) atoms. The minimum atomic E-state index is -5.58. The smallest absolute Gasteiger partial charge is 0.406 e. The molecule has 0 heterocycles. The third-order valence-electron chi connectivity index (χ3n) is 2.75. The van der Waals surface area contributed by atoms with Crippen LogP contribution in [0.4, 0.5) is 26.3 Å². The molecule has 2 nitrogen and oxygen atoms in total. The van der Waals surface area contributed by atoms with Gasteiger partial charge in [-0.05, 0) is 19.1 Å². The molecule has 8 heteroatoms. The maximum atomic E-state index is 12.5. The highest BCUT2D eigenvalue weighted by Crippen LogP contribution is 2.50. The molecule has 0 saturated heterocycles. The summed E-state index contributed by atoms with van der Waals surface area (Å²) >= 11 is 0. The highest BCUT2D eigenvalue weighted by atomic mass is 19.4. The van der Waals surface area contributed by atoms with E-state index in [1.807, 2.05) is 0 Å². The normalized spacial score (nSPS) is 13.2. The molecule has 0 N–H and O–H groups in total. The predicted molar refractivity (Wildman–Crippen MR) is 56.9 cm³/mol. The number of carbonyl (C=O) groups is 1. The van der Waals surface area contributed by atoms with Gasteiger partial charge in [-0.1, -0.05) is 18.2 Å². The van der Waals surface area contributed by atoms with E-state index in [0.29, 0.717) is 0 Å². The molecule has 0 unspecified atom stereocenters. The number of hydrogen-bond donors (Lipinski definition) is 0. The molecule has 0 fully saturated rings. The third kappa shape index (κ3) is 3.23. The topological polar surface area (TPSA) is 26.3 Å². The van der Waals surface area contributed by atoms with Crippen molar-refractivity contribution in [2.75, 3.05) is 6.61 Å². The summed E-state index contributed by atoms with van der Waals surface area (Å²) < 4.78 is 79.4. The molecular formula is C12H10F6O2. The first-order valence-electron chi connectivity index (χ1n) is 5.35. The molecule has 1 rings (SSSR count). The number of benzene rings is 1. The minimum Gasteiger partial charge on any atom is -0.461 e. The Hall–Kier alpha value is -1.73. The van der Waals surface area contributed by atoms with Gasteiger partial charge in [0.1, 0.15) is 6.61 Å². The lowest BCUT2D eigenvalue weighted by Crippen LogP contribution is -2.51. The van der Waals surface area contributed by atoms with Crippen molar-refractivity contribution in [1.82, 2.24) is 0 Å². The number of halogens is 6. The Labute approximate surface area is 110 Å². The van der Waals surface area contributed by atoms with E-state index in [1.54, 1.807) is 0 Å². The van der Waals surface area contributed by atoms with Crippen LogP contribution in [0.3, 0.4) is 0 Å². The molecule has 0 aliphatic rings. The Balaban J connectivity index is 2.87. The molecule has 1 aromatic carbocycles. The molecule has 0 aliphatic heterocycles. The SMILES string of the molecule is CC(COC(=O)c1ccccc1)(C(F)(F)F)C(F)(F)F. The van der Waals surface area contributed by atoms with Gasteiger partial charge in [0.15, 0.2) is 5.41 Å². The highest BCUT2D eigenvalue weighted by Gasteiger charge is 2.68. The number of hydrogen-bond acceptors (Lipinski definition) is 2. The van der Waals surface area contributed by atoms with E-state index in [-0.39, 0.29) is 12.5 Å². The average Bonchev–Trinajstić information content (AvgIpc) is 2.33. The van der Waals surface area contributed by atoms with E-state index in [2.05, 4.69) is 4.74 Å². The van der Waals surface area contributed by atoms with E-state index >= 15 is 0 Å². The number of alkyl halides is 6. The monoisotopic (exact) mass is 300 g/mol. The van der Waals surface area contributed by atoms with E-state index in [4.69, 9.17) is 0 Å². The van der Waals surface area contributed by atoms with Gasteiger partial charge in [-0.15, -0.1) is 0 Å². The first kappa shape index (κ1) is 16.3. The third-order valence-corrected chi connectivity index (χ3v) is 2.75. The first-order chi connectivity index (χ1) is 8.99. The molecule has 1 aromatic rings. The zero-order chi connectivity index (χ0) is 15.6. The Bertz CT molecular complexity index is 449. The molecule has 0 bridgehead atoms. The van der Waals surface area contributed by atoms with Crippen LogP contribution in [0.15, 0.2) is 30.3 Å². The second-order valence-corrected chi connectivity index (χ2v) is 4.27. The van der Waals surface area contributed by atoms with Gasteiger partial charge in [0.05, 0.1) is 5.56 Å². The molecule has 0 aliphatic carbocycles. The molecule has 0 atom stereocenters. The van der Waals surface area contributed by atoms with Crippen molar-refractivity contribution in [3.63, 3.8) is 0 Å². The van der Waals surface area contributed by atoms with Crippen LogP contribution in [0.5, 0.6) is 0 Å². The summed E-state index contributed by atoms with van der Waals surface area (Å²) in [6.45, 7) is -1.88. The van der Waals surface area contributed by atoms with E-state index in [9.17, 15) is 31.1 Å². The van der Waals surface area contributed by atoms with Crippen molar-refractivity contribution < 1.29 is 35.9 Å². The van der Waals surface area contributed by atoms with Crippen molar-refractivity contribution in [3.8, 4) is 0 Å². The largest absolute Gasteiger partial charge is 0.461 e. The summed E-state index contributed by atoms with van der Waals surface area (Å²) in [6.07, 6.45) is -11.2. The van der Waals surface area contributed by atoms with Gasteiger partial charge in [-0.3, -0.25) is 0 Å². The molecule has 0 spiro atoms. The fourth-order valence-corrected chi connectivity index (χ4v) is 1.19. The molecule has 112 valence electrons. The fraction of sp³-hybridized carbons (Fsp3) is 0.417. The van der Waals surface area contributed by atoms with Gasteiger partial charge in [0.2, 0.25) is 0 Å². The van der Waals surface area contributed by atoms with Gasteiger partial charge in [-0.2, -0.15) is 26.3 Å². The van der Waals surface area contributed by atoms with Gasteiger partial charge in [-0.25, -0.2) is 4.79 Å². The maximum Gasteiger partial charge on any atom is 0.406 e. The lowest BCUT2D eigenvalue weighted by Gasteiger charge is -2.33. The van der Waals surface area contributed by atoms with Gasteiger partial charge >= 0.3 is 18.3 Å². The van der Waals surface area contributed by atoms with E-state index < -0.39 is 30.3 Å². The quantitative estimate of drug-likeness (QED) is 0.623. The van der Waals surface area contributed by atoms with Gasteiger partial charge < -0.3 is 4.74 Å². The summed E-state index contributed by atoms with van der Waals surface area (Å²) in [5.74, 6) is -1.25. The van der Waals surface area contributed by atoms with Crippen LogP contribution >= 0.6 is 0 Å². The van der Waals surface area contributed by atoms with Crippen molar-refractivity contribution >= 4 is 5.97 Å². The van der Waals surface area contributed by atoms with E-state index in [0.717, 1.165) is 0 Å². The molecule has 0 aromatic heterocycles. The number of ether oxygens (including phenoxy) is 1. The minimum absolute atomic E-state index is 0.0503. The van der Waals surface area contributed by atoms with Gasteiger partial charge in [0.25, 0.3) is 0 Å². The number of esters is 1. The lowest BCUT2D eigenvalue weighted by atomic mass is 9.90. The Morgan fingerprint density at radius 2 is 1.45 bits per heavy atom. The lowest BCUT2D eigenvalue weighted by molar-refractivity contribution is -0.342. The van der Waals surface area contributed by atoms with Crippen LogP contribution in [0, 0.1) is 5.41 Å². The summed E-state index contributed by atoms with van der Waals surface area (Å²) in [5.41, 5.74) is -4.23. The Kier molecular flexibility index (Phi) is 4.36. The second-order valence-electron chi connectivity index (χ2n) is 4.27. The zero-order valence-electron chi connectivity index (χ0n) is 10.2. The van der Waals surface area contributed by atoms with Crippen LogP contribution in [-0.4, -0.2) is 24.9 Å². The Morgan fingerprint density at radius 1 is 1.00 bits per heavy atom. The number of rotatable bonds is 3. The highest BCUT2D eigenvalue weighted by molar-refractivity contribution is 5.89. The molecular weight excluding hydrogens is 290 g/mol. The fourth-order valence-electron chi connectivity index (χ4n) is 1.19. The summed E-state index contributed by atoms with van der Waals surface area (Å²) in [7, 11) is 0. The standard InChI is InChI=1S/C12H10F6O2/c1-10(11(13,14)15,12(16,17)18)7-20-9(19)8-5-3-2-4-6-8/h2-6H,7H2,1H3. The summed E-state index contributed by atoms with van der Waals surface area (Å²) in [6, 6.07) is 6.79. The van der Waals surface area contributed by atoms with Crippen molar-refractivity contribution in [3.05, 3.63) is 35.9 Å². The molecule has 0 radical (unpaired) electrons. The van der Waals surface area contributed by atoms with Crippen molar-refractivity contribution in [2.24, 2.45) is 5.41 Å². The predicted octanol–water partition coefficient (Wildman–Crippen LogP) is 3.97. The van der Waals surface area contributed by atoms with Crippen LogP contribution in [0.2, 0.25) is 0 Å². The van der Waals surface area contributed by atoms with Crippen LogP contribution in [0.1, 0.15) is 17.3 Å². The first-order valence-corrected chi connectivity index (χ1v) is 5.35. The van der Waals surface area contributed by atoms with Crippen molar-refractivity contribution in [2.45, 2.75) is 19.3 Å².